The molecule has 7 rings (SSSR count). The second-order valence-corrected chi connectivity index (χ2v) is 15.2. The van der Waals surface area contributed by atoms with E-state index >= 15 is 0 Å². The maximum Gasteiger partial charge on any atom is 0.330 e. The van der Waals surface area contributed by atoms with Gasteiger partial charge in [0.25, 0.3) is 0 Å². The third kappa shape index (κ3) is 4.84. The number of carboxylic acids is 1. The molecule has 9 nitrogen and oxygen atoms in total. The van der Waals surface area contributed by atoms with Crippen LogP contribution in [0.1, 0.15) is 96.1 Å². The van der Waals surface area contributed by atoms with Crippen LogP contribution in [0.15, 0.2) is 53.2 Å². The predicted octanol–water partition coefficient (Wildman–Crippen LogP) is 6.21. The molecule has 1 aromatic rings. The molecule has 1 spiro atoms. The molecular formula is C38H44O9. The predicted molar refractivity (Wildman–Crippen MR) is 176 cm³/mol. The quantitative estimate of drug-likeness (QED) is 0.223. The molecule has 0 radical (unpaired) electrons. The second-order valence-electron chi connectivity index (χ2n) is 15.2. The Bertz CT molecular complexity index is 1760. The molecule has 47 heavy (non-hydrogen) atoms. The Balaban J connectivity index is 1.58. The minimum Gasteiger partial charge on any atom is -0.506 e. The van der Waals surface area contributed by atoms with E-state index < -0.39 is 51.6 Å². The van der Waals surface area contributed by atoms with E-state index in [1.807, 2.05) is 52.8 Å². The number of hydrogen-bond acceptors (Lipinski definition) is 8. The summed E-state index contributed by atoms with van der Waals surface area (Å²) in [5.41, 5.74) is -3.67. The van der Waals surface area contributed by atoms with Gasteiger partial charge in [0.1, 0.15) is 28.4 Å². The van der Waals surface area contributed by atoms with Gasteiger partial charge >= 0.3 is 5.97 Å². The van der Waals surface area contributed by atoms with Crippen LogP contribution in [-0.4, -0.2) is 60.9 Å². The summed E-state index contributed by atoms with van der Waals surface area (Å²) in [4.78, 5) is 40.8. The van der Waals surface area contributed by atoms with Gasteiger partial charge in [-0.2, -0.15) is 0 Å². The summed E-state index contributed by atoms with van der Waals surface area (Å²) in [5.74, 6) is -2.58. The van der Waals surface area contributed by atoms with Crippen molar-refractivity contribution >= 4 is 23.6 Å². The lowest BCUT2D eigenvalue weighted by Crippen LogP contribution is -2.72. The van der Waals surface area contributed by atoms with Crippen molar-refractivity contribution in [3.63, 3.8) is 0 Å². The van der Waals surface area contributed by atoms with Crippen LogP contribution >= 0.6 is 0 Å². The Labute approximate surface area is 275 Å². The van der Waals surface area contributed by atoms with Crippen LogP contribution in [0.2, 0.25) is 0 Å². The third-order valence-corrected chi connectivity index (χ3v) is 10.3. The first-order valence-corrected chi connectivity index (χ1v) is 16.2. The number of rotatable bonds is 8. The van der Waals surface area contributed by atoms with Crippen LogP contribution in [0.25, 0.3) is 6.08 Å². The maximum atomic E-state index is 14.7. The number of aliphatic hydroxyl groups is 1. The van der Waals surface area contributed by atoms with Crippen LogP contribution in [0.4, 0.5) is 0 Å². The molecule has 1 saturated heterocycles. The maximum absolute atomic E-state index is 14.7. The zero-order chi connectivity index (χ0) is 34.5. The molecule has 3 aliphatic heterocycles. The average Bonchev–Trinajstić information content (AvgIpc) is 3.11. The highest BCUT2D eigenvalue weighted by Crippen LogP contribution is 2.68. The fourth-order valence-electron chi connectivity index (χ4n) is 8.08. The van der Waals surface area contributed by atoms with Gasteiger partial charge in [-0.15, -0.1) is 0 Å². The van der Waals surface area contributed by atoms with Crippen LogP contribution in [-0.2, 0) is 20.7 Å². The molecule has 3 heterocycles. The Morgan fingerprint density at radius 2 is 1.77 bits per heavy atom. The van der Waals surface area contributed by atoms with E-state index in [4.69, 9.17) is 14.2 Å². The van der Waals surface area contributed by atoms with Crippen LogP contribution in [0.5, 0.6) is 17.2 Å². The lowest BCUT2D eigenvalue weighted by Gasteiger charge is -2.56. The number of phenols is 1. The van der Waals surface area contributed by atoms with Crippen molar-refractivity contribution in [2.24, 2.45) is 11.8 Å². The molecule has 250 valence electrons. The summed E-state index contributed by atoms with van der Waals surface area (Å²) < 4.78 is 20.5. The minimum absolute atomic E-state index is 0.0150. The van der Waals surface area contributed by atoms with Crippen molar-refractivity contribution in [3.05, 3.63) is 69.9 Å². The van der Waals surface area contributed by atoms with Crippen molar-refractivity contribution in [2.45, 2.75) is 109 Å². The molecule has 4 bridgehead atoms. The highest BCUT2D eigenvalue weighted by atomic mass is 16.6. The van der Waals surface area contributed by atoms with Crippen molar-refractivity contribution in [2.75, 3.05) is 0 Å². The summed E-state index contributed by atoms with van der Waals surface area (Å²) in [6, 6.07) is 0. The molecule has 0 amide bonds. The number of carbonyl (C=O) groups is 3. The number of benzene rings is 1. The van der Waals surface area contributed by atoms with Crippen molar-refractivity contribution < 1.29 is 43.9 Å². The Morgan fingerprint density at radius 3 is 2.40 bits per heavy atom. The van der Waals surface area contributed by atoms with E-state index in [1.165, 1.54) is 13.0 Å². The number of carboxylic acid groups (broad SMARTS) is 1. The molecule has 2 fully saturated rings. The molecule has 5 atom stereocenters. The first-order valence-electron chi connectivity index (χ1n) is 16.2. The van der Waals surface area contributed by atoms with Crippen LogP contribution < -0.4 is 9.47 Å². The number of aromatic hydroxyl groups is 1. The zero-order valence-electron chi connectivity index (χ0n) is 28.3. The van der Waals surface area contributed by atoms with Crippen LogP contribution in [0, 0.1) is 11.8 Å². The van der Waals surface area contributed by atoms with Crippen molar-refractivity contribution in [3.8, 4) is 17.2 Å². The monoisotopic (exact) mass is 644 g/mol. The fourth-order valence-corrected chi connectivity index (χ4v) is 8.08. The lowest BCUT2D eigenvalue weighted by atomic mass is 9.51. The summed E-state index contributed by atoms with van der Waals surface area (Å²) in [7, 11) is 0. The van der Waals surface area contributed by atoms with Gasteiger partial charge in [0.2, 0.25) is 0 Å². The summed E-state index contributed by atoms with van der Waals surface area (Å²) in [6.45, 7) is 14.4. The fraction of sp³-hybridized carbons (Fsp3) is 0.500. The number of Topliss-reactive ketones (excluding diaryl/α,β-unsaturated/α-hetero) is 2. The standard InChI is InChI=1S/C38H44O9/c1-20(2)10-11-24-30-23(13-16-36(8,45-30)15-9-14-34(4,5)44)28(39)27-29(40)25-18-22-19-26-35(6,7)47-37(32(22)41,17-12-21(3)33(42)43)38(25,26)46-31(24)27/h9-10,12-14,16,18,22,26,39,44H,11,15,17,19H2,1-8H3,(H,42,43)/b14-9-,21-12+/t22?,26?,36?,37?,38-/m1/s1. The molecule has 3 aliphatic carbocycles. The molecule has 1 aromatic carbocycles. The number of hydrogen-bond donors (Lipinski definition) is 3. The first-order chi connectivity index (χ1) is 21.8. The first kappa shape index (κ1) is 33.0. The van der Waals surface area contributed by atoms with E-state index in [9.17, 15) is 29.7 Å². The van der Waals surface area contributed by atoms with Gasteiger partial charge in [0.05, 0.1) is 16.8 Å². The van der Waals surface area contributed by atoms with Crippen molar-refractivity contribution in [1.82, 2.24) is 0 Å². The Morgan fingerprint density at radius 1 is 1.06 bits per heavy atom. The van der Waals surface area contributed by atoms with Gasteiger partial charge in [-0.05, 0) is 80.4 Å². The molecule has 9 heteroatoms. The van der Waals surface area contributed by atoms with E-state index in [0.717, 1.165) is 5.57 Å². The lowest BCUT2D eigenvalue weighted by molar-refractivity contribution is -0.171. The zero-order valence-corrected chi connectivity index (χ0v) is 28.3. The summed E-state index contributed by atoms with van der Waals surface area (Å²) in [6.07, 6.45) is 13.3. The molecule has 1 saturated carbocycles. The number of ether oxygens (including phenoxy) is 3. The SMILES string of the molecule is CC(C)=CCc1c2c(c(O)c3c1O[C@]14C(=CC5CC1C(C)(C)OC4(C/C=C(\C)C(=O)O)C5=O)C3=O)C=CC(C)(C/C=C\C(C)(C)O)O2. The van der Waals surface area contributed by atoms with Crippen molar-refractivity contribution in [1.29, 1.82) is 0 Å². The van der Waals surface area contributed by atoms with E-state index in [2.05, 4.69) is 0 Å². The van der Waals surface area contributed by atoms with Gasteiger partial charge in [-0.25, -0.2) is 4.79 Å². The number of fused-ring (bicyclic) bond motifs is 2. The number of aliphatic carboxylic acids is 1. The normalized spacial score (nSPS) is 31.5. The minimum atomic E-state index is -1.66. The highest BCUT2D eigenvalue weighted by molar-refractivity contribution is 6.19. The van der Waals surface area contributed by atoms with Gasteiger partial charge in [-0.1, -0.05) is 36.0 Å². The summed E-state index contributed by atoms with van der Waals surface area (Å²) >= 11 is 0. The molecule has 4 unspecified atom stereocenters. The third-order valence-electron chi connectivity index (χ3n) is 10.3. The van der Waals surface area contributed by atoms with Crippen LogP contribution in [0.3, 0.4) is 0 Å². The Kier molecular flexibility index (Phi) is 7.38. The number of ketones is 2. The van der Waals surface area contributed by atoms with Gasteiger partial charge in [0, 0.05) is 41.4 Å². The highest BCUT2D eigenvalue weighted by Gasteiger charge is 2.81. The number of phenolic OH excluding ortho intramolecular Hbond substituents is 1. The molecule has 6 aliphatic rings. The molecular weight excluding hydrogens is 600 g/mol. The Hall–Kier alpha value is -3.95. The van der Waals surface area contributed by atoms with E-state index in [1.54, 1.807) is 32.1 Å². The largest absolute Gasteiger partial charge is 0.506 e. The molecule has 3 N–H and O–H groups in total. The number of allylic oxidation sites excluding steroid dienone is 3. The average molecular weight is 645 g/mol. The smallest absolute Gasteiger partial charge is 0.330 e. The van der Waals surface area contributed by atoms with Gasteiger partial charge in [-0.3, -0.25) is 9.59 Å². The summed E-state index contributed by atoms with van der Waals surface area (Å²) in [5, 5.41) is 31.6. The topological polar surface area (TPSA) is 140 Å². The second kappa shape index (κ2) is 10.5. The number of carbonyl (C=O) groups excluding carboxylic acids is 2. The van der Waals surface area contributed by atoms with E-state index in [0.29, 0.717) is 36.1 Å². The van der Waals surface area contributed by atoms with E-state index in [-0.39, 0.29) is 40.4 Å². The molecule has 0 aromatic heterocycles. The van der Waals surface area contributed by atoms with Gasteiger partial charge in [0.15, 0.2) is 22.8 Å². The van der Waals surface area contributed by atoms with Gasteiger partial charge < -0.3 is 29.5 Å².